The first-order valence-electron chi connectivity index (χ1n) is 7.82. The van der Waals surface area contributed by atoms with Gasteiger partial charge in [0.1, 0.15) is 10.8 Å². The van der Waals surface area contributed by atoms with Crippen molar-refractivity contribution in [2.24, 2.45) is 0 Å². The van der Waals surface area contributed by atoms with Crippen LogP contribution in [0.25, 0.3) is 9.88 Å². The molecule has 27 heavy (non-hydrogen) atoms. The molecule has 6 nitrogen and oxygen atoms in total. The van der Waals surface area contributed by atoms with E-state index in [1.165, 1.54) is 18.4 Å². The molecule has 0 unspecified atom stereocenters. The van der Waals surface area contributed by atoms with Crippen LogP contribution >= 0.6 is 38.6 Å². The number of carbonyl (C=O) groups is 2. The van der Waals surface area contributed by atoms with Crippen LogP contribution in [0.1, 0.15) is 5.69 Å². The number of aromatic nitrogens is 1. The molecule has 0 saturated heterocycles. The molecule has 1 amide bonds. The molecule has 0 saturated carbocycles. The molecule has 0 fully saturated rings. The number of nitrogens with one attached hydrogen (secondary N) is 1. The Kier molecular flexibility index (Phi) is 6.59. The van der Waals surface area contributed by atoms with E-state index in [0.29, 0.717) is 11.4 Å². The third-order valence-electron chi connectivity index (χ3n) is 3.39. The topological polar surface area (TPSA) is 77.5 Å². The van der Waals surface area contributed by atoms with Crippen molar-refractivity contribution in [2.75, 3.05) is 19.0 Å². The van der Waals surface area contributed by atoms with E-state index < -0.39 is 5.97 Å². The highest BCUT2D eigenvalue weighted by atomic mass is 79.9. The summed E-state index contributed by atoms with van der Waals surface area (Å²) in [7, 11) is 1.30. The zero-order chi connectivity index (χ0) is 19.2. The number of thiazole rings is 1. The number of carbonyl (C=O) groups excluding carboxylic acids is 2. The first-order valence-corrected chi connectivity index (χ1v) is 10.4. The van der Waals surface area contributed by atoms with Crippen LogP contribution < -0.4 is 10.1 Å². The zero-order valence-corrected chi connectivity index (χ0v) is 17.4. The van der Waals surface area contributed by atoms with Gasteiger partial charge in [-0.15, -0.1) is 22.7 Å². The van der Waals surface area contributed by atoms with Gasteiger partial charge in [-0.1, -0.05) is 0 Å². The molecule has 0 aliphatic rings. The molecule has 3 rings (SSSR count). The Balaban J connectivity index is 1.53. The smallest absolute Gasteiger partial charge is 0.343 e. The fourth-order valence-electron chi connectivity index (χ4n) is 2.13. The molecule has 1 aromatic carbocycles. The van der Waals surface area contributed by atoms with Crippen molar-refractivity contribution in [3.05, 3.63) is 51.3 Å². The van der Waals surface area contributed by atoms with Gasteiger partial charge in [-0.05, 0) is 46.3 Å². The molecule has 1 N–H and O–H groups in total. The van der Waals surface area contributed by atoms with Crippen molar-refractivity contribution >= 4 is 56.2 Å². The van der Waals surface area contributed by atoms with E-state index in [9.17, 15) is 9.59 Å². The maximum Gasteiger partial charge on any atom is 0.343 e. The summed E-state index contributed by atoms with van der Waals surface area (Å²) in [5.41, 5.74) is 1.37. The van der Waals surface area contributed by atoms with Crippen molar-refractivity contribution < 1.29 is 19.1 Å². The minimum atomic E-state index is -0.454. The van der Waals surface area contributed by atoms with Gasteiger partial charge in [0, 0.05) is 20.9 Å². The van der Waals surface area contributed by atoms with Crippen molar-refractivity contribution in [3.63, 3.8) is 0 Å². The number of amides is 1. The predicted molar refractivity (Wildman–Crippen MR) is 109 cm³/mol. The number of thiophene rings is 1. The first-order chi connectivity index (χ1) is 13.0. The number of rotatable bonds is 7. The molecule has 3 aromatic rings. The number of nitrogens with zero attached hydrogens (tertiary/aromatic N) is 1. The Morgan fingerprint density at radius 3 is 2.63 bits per heavy atom. The fourth-order valence-corrected chi connectivity index (χ4v) is 4.46. The van der Waals surface area contributed by atoms with Crippen LogP contribution in [0.2, 0.25) is 0 Å². The summed E-state index contributed by atoms with van der Waals surface area (Å²) in [4.78, 5) is 28.9. The van der Waals surface area contributed by atoms with Gasteiger partial charge in [-0.3, -0.25) is 4.79 Å². The molecule has 0 aliphatic heterocycles. The predicted octanol–water partition coefficient (Wildman–Crippen LogP) is 4.37. The summed E-state index contributed by atoms with van der Waals surface area (Å²) >= 11 is 6.56. The normalized spacial score (nSPS) is 10.4. The second kappa shape index (κ2) is 9.12. The summed E-state index contributed by atoms with van der Waals surface area (Å²) in [6, 6.07) is 8.78. The first kappa shape index (κ1) is 19.5. The lowest BCUT2D eigenvalue weighted by Crippen LogP contribution is -2.15. The van der Waals surface area contributed by atoms with Crippen LogP contribution in [-0.4, -0.2) is 30.6 Å². The third-order valence-corrected chi connectivity index (χ3v) is 6.15. The van der Waals surface area contributed by atoms with E-state index in [1.807, 2.05) is 16.8 Å². The highest BCUT2D eigenvalue weighted by Crippen LogP contribution is 2.32. The second-order valence-electron chi connectivity index (χ2n) is 5.39. The van der Waals surface area contributed by atoms with Crippen molar-refractivity contribution in [3.8, 4) is 15.6 Å². The van der Waals surface area contributed by atoms with E-state index in [0.717, 1.165) is 20.1 Å². The van der Waals surface area contributed by atoms with Gasteiger partial charge >= 0.3 is 5.97 Å². The third kappa shape index (κ3) is 5.62. The molecule has 140 valence electrons. The van der Waals surface area contributed by atoms with Crippen LogP contribution in [-0.2, 0) is 20.7 Å². The average Bonchev–Trinajstić information content (AvgIpc) is 3.29. The number of halogens is 1. The van der Waals surface area contributed by atoms with Gasteiger partial charge in [0.2, 0.25) is 5.91 Å². The molecule has 9 heteroatoms. The van der Waals surface area contributed by atoms with Crippen molar-refractivity contribution in [1.29, 1.82) is 0 Å². The van der Waals surface area contributed by atoms with Gasteiger partial charge in [0.25, 0.3) is 0 Å². The molecule has 0 atom stereocenters. The summed E-state index contributed by atoms with van der Waals surface area (Å²) in [5.74, 6) is -0.0861. The van der Waals surface area contributed by atoms with Gasteiger partial charge in [0.15, 0.2) is 6.61 Å². The van der Waals surface area contributed by atoms with Crippen LogP contribution in [0.15, 0.2) is 45.6 Å². The summed E-state index contributed by atoms with van der Waals surface area (Å²) in [6.07, 6.45) is 0.198. The quantitative estimate of drug-likeness (QED) is 0.523. The number of anilines is 1. The Bertz CT molecular complexity index is 937. The highest BCUT2D eigenvalue weighted by Gasteiger charge is 2.11. The van der Waals surface area contributed by atoms with Crippen LogP contribution in [0.5, 0.6) is 5.75 Å². The lowest BCUT2D eigenvalue weighted by atomic mass is 10.2. The van der Waals surface area contributed by atoms with Crippen LogP contribution in [0.3, 0.4) is 0 Å². The van der Waals surface area contributed by atoms with Crippen LogP contribution in [0, 0.1) is 0 Å². The van der Waals surface area contributed by atoms with E-state index in [-0.39, 0.29) is 18.9 Å². The van der Waals surface area contributed by atoms with Gasteiger partial charge < -0.3 is 14.8 Å². The molecule has 2 heterocycles. The molecular weight excluding hydrogens is 452 g/mol. The van der Waals surface area contributed by atoms with E-state index >= 15 is 0 Å². The number of hydrogen-bond donors (Lipinski definition) is 1. The summed E-state index contributed by atoms with van der Waals surface area (Å²) < 4.78 is 10.8. The number of hydrogen-bond acceptors (Lipinski definition) is 7. The molecule has 0 bridgehead atoms. The van der Waals surface area contributed by atoms with Gasteiger partial charge in [0.05, 0.1) is 24.1 Å². The van der Waals surface area contributed by atoms with E-state index in [4.69, 9.17) is 4.74 Å². The largest absolute Gasteiger partial charge is 0.482 e. The van der Waals surface area contributed by atoms with E-state index in [2.05, 4.69) is 31.0 Å². The molecular formula is C18H15BrN2O4S2. The van der Waals surface area contributed by atoms with Crippen LogP contribution in [0.4, 0.5) is 5.69 Å². The Hall–Kier alpha value is -2.23. The SMILES string of the molecule is COC(=O)COc1ccc(NC(=O)Cc2csc(-c3cc(Br)cs3)n2)cc1. The average molecular weight is 467 g/mol. The lowest BCUT2D eigenvalue weighted by Gasteiger charge is -2.07. The number of esters is 1. The standard InChI is InChI=1S/C18H15BrN2O4S2/c1-24-17(23)8-25-14-4-2-12(3-5-14)20-16(22)7-13-10-27-18(21-13)15-6-11(19)9-26-15/h2-6,9-10H,7-8H2,1H3,(H,20,22). The van der Waals surface area contributed by atoms with Gasteiger partial charge in [-0.25, -0.2) is 9.78 Å². The maximum atomic E-state index is 12.2. The monoisotopic (exact) mass is 466 g/mol. The maximum absolute atomic E-state index is 12.2. The lowest BCUT2D eigenvalue weighted by molar-refractivity contribution is -0.142. The van der Waals surface area contributed by atoms with Gasteiger partial charge in [-0.2, -0.15) is 0 Å². The Morgan fingerprint density at radius 2 is 1.96 bits per heavy atom. The second-order valence-corrected chi connectivity index (χ2v) is 8.07. The van der Waals surface area contributed by atoms with E-state index in [1.54, 1.807) is 35.6 Å². The number of methoxy groups -OCH3 is 1. The fraction of sp³-hybridized carbons (Fsp3) is 0.167. The molecule has 0 aliphatic carbocycles. The zero-order valence-electron chi connectivity index (χ0n) is 14.2. The van der Waals surface area contributed by atoms with Crippen molar-refractivity contribution in [1.82, 2.24) is 4.98 Å². The minimum Gasteiger partial charge on any atom is -0.482 e. The number of benzene rings is 1. The van der Waals surface area contributed by atoms with Crippen molar-refractivity contribution in [2.45, 2.75) is 6.42 Å². The molecule has 2 aromatic heterocycles. The Labute approximate surface area is 172 Å². The molecule has 0 radical (unpaired) electrons. The number of ether oxygens (including phenoxy) is 2. The summed E-state index contributed by atoms with van der Waals surface area (Å²) in [5, 5.41) is 7.62. The Morgan fingerprint density at radius 1 is 1.19 bits per heavy atom. The minimum absolute atomic E-state index is 0.151. The molecule has 0 spiro atoms. The highest BCUT2D eigenvalue weighted by molar-refractivity contribution is 9.10. The summed E-state index contributed by atoms with van der Waals surface area (Å²) in [6.45, 7) is -0.158.